The third kappa shape index (κ3) is 20.1. The maximum Gasteiger partial charge on any atom is 0.329 e. The molecule has 0 spiro atoms. The van der Waals surface area contributed by atoms with E-state index in [1.807, 2.05) is 34.6 Å². The Morgan fingerprint density at radius 2 is 1.11 bits per heavy atom. The summed E-state index contributed by atoms with van der Waals surface area (Å²) in [4.78, 5) is 169. The van der Waals surface area contributed by atoms with Crippen LogP contribution in [0.1, 0.15) is 162 Å². The molecule has 0 saturated carbocycles. The van der Waals surface area contributed by atoms with Crippen LogP contribution in [0.25, 0.3) is 0 Å². The molecule has 490 valence electrons. The van der Waals surface area contributed by atoms with Crippen molar-refractivity contribution in [2.45, 2.75) is 228 Å². The van der Waals surface area contributed by atoms with Crippen molar-refractivity contribution in [2.24, 2.45) is 29.6 Å². The highest BCUT2D eigenvalue weighted by Gasteiger charge is 2.46. The predicted molar refractivity (Wildman–Crippen MR) is 329 cm³/mol. The Morgan fingerprint density at radius 1 is 0.598 bits per heavy atom. The average molecular weight is 1220 g/mol. The summed E-state index contributed by atoms with van der Waals surface area (Å²) in [7, 11) is 6.97. The minimum absolute atomic E-state index is 0.111. The smallest absolute Gasteiger partial charge is 0.329 e. The molecule has 2 aliphatic rings. The molecule has 0 bridgehead atoms. The first kappa shape index (κ1) is 74.4. The lowest BCUT2D eigenvalue weighted by molar-refractivity contribution is -0.165. The zero-order chi connectivity index (χ0) is 66.5. The van der Waals surface area contributed by atoms with E-state index in [1.165, 1.54) is 61.8 Å². The van der Waals surface area contributed by atoms with E-state index in [0.29, 0.717) is 37.0 Å². The Hall–Kier alpha value is -6.81. The van der Waals surface area contributed by atoms with Gasteiger partial charge < -0.3 is 59.6 Å². The Kier molecular flexibility index (Phi) is 27.3. The van der Waals surface area contributed by atoms with Gasteiger partial charge >= 0.3 is 11.9 Å². The number of nitrogens with zero attached hydrogens (tertiary/aromatic N) is 6. The maximum atomic E-state index is 15.2. The van der Waals surface area contributed by atoms with Crippen LogP contribution in [0.5, 0.6) is 5.75 Å². The molecular formula is C64H105N9O14. The molecule has 3 rings (SSSR count). The summed E-state index contributed by atoms with van der Waals surface area (Å²) in [5.41, 5.74) is -0.927. The lowest BCUT2D eigenvalue weighted by Gasteiger charge is -2.41. The van der Waals surface area contributed by atoms with E-state index < -0.39 is 173 Å². The summed E-state index contributed by atoms with van der Waals surface area (Å²) in [5, 5.41) is 8.34. The molecule has 23 heteroatoms. The Bertz CT molecular complexity index is 2600. The molecule has 0 unspecified atom stereocenters. The number of carbonyl (C=O) groups excluding carboxylic acids is 11. The van der Waals surface area contributed by atoms with Crippen molar-refractivity contribution >= 4 is 65.1 Å². The van der Waals surface area contributed by atoms with Crippen molar-refractivity contribution in [1.29, 1.82) is 0 Å². The second-order valence-electron chi connectivity index (χ2n) is 26.8. The van der Waals surface area contributed by atoms with Crippen LogP contribution in [0.3, 0.4) is 0 Å². The number of likely N-dealkylation sites (N-methyl/N-ethyl adjacent to an activating group) is 5. The second-order valence-corrected chi connectivity index (χ2v) is 26.8. The van der Waals surface area contributed by atoms with Gasteiger partial charge in [-0.2, -0.15) is 0 Å². The molecule has 0 radical (unpaired) electrons. The summed E-state index contributed by atoms with van der Waals surface area (Å²) in [6.45, 7) is 28.9. The van der Waals surface area contributed by atoms with Gasteiger partial charge in [-0.1, -0.05) is 94.2 Å². The van der Waals surface area contributed by atoms with Crippen LogP contribution >= 0.6 is 0 Å². The summed E-state index contributed by atoms with van der Waals surface area (Å²) >= 11 is 0. The molecule has 2 saturated heterocycles. The third-order valence-corrected chi connectivity index (χ3v) is 16.4. The number of fused-ring (bicyclic) bond motifs is 1. The molecule has 3 N–H and O–H groups in total. The monoisotopic (exact) mass is 1220 g/mol. The summed E-state index contributed by atoms with van der Waals surface area (Å²) in [6.07, 6.45) is -0.221. The van der Waals surface area contributed by atoms with Crippen molar-refractivity contribution in [3.8, 4) is 5.75 Å². The molecular weight excluding hydrogens is 1120 g/mol. The van der Waals surface area contributed by atoms with Crippen LogP contribution in [-0.2, 0) is 68.6 Å². The number of amides is 9. The number of hydrogen-bond acceptors (Lipinski definition) is 14. The summed E-state index contributed by atoms with van der Waals surface area (Å²) in [5.74, 6) is -10.4. The molecule has 2 aliphatic heterocycles. The fourth-order valence-electron chi connectivity index (χ4n) is 11.3. The summed E-state index contributed by atoms with van der Waals surface area (Å²) in [6, 6.07) is -3.44. The number of cyclic esters (lactones) is 1. The number of rotatable bonds is 12. The third-order valence-electron chi connectivity index (χ3n) is 16.4. The molecule has 87 heavy (non-hydrogen) atoms. The van der Waals surface area contributed by atoms with Gasteiger partial charge in [0.1, 0.15) is 65.3 Å². The zero-order valence-electron chi connectivity index (χ0n) is 56.2. The van der Waals surface area contributed by atoms with Gasteiger partial charge in [-0.05, 0) is 115 Å². The molecule has 0 aliphatic carbocycles. The molecule has 9 amide bonds. The molecule has 0 aromatic heterocycles. The normalized spacial score (nSPS) is 25.9. The van der Waals surface area contributed by atoms with E-state index in [4.69, 9.17) is 14.2 Å². The number of piperidine rings is 1. The van der Waals surface area contributed by atoms with Gasteiger partial charge in [-0.3, -0.25) is 47.9 Å². The number of benzene rings is 1. The van der Waals surface area contributed by atoms with Gasteiger partial charge in [0, 0.05) is 48.2 Å². The lowest BCUT2D eigenvalue weighted by atomic mass is 9.92. The molecule has 11 atom stereocenters. The van der Waals surface area contributed by atoms with Crippen molar-refractivity contribution in [1.82, 2.24) is 45.3 Å². The van der Waals surface area contributed by atoms with Crippen molar-refractivity contribution in [3.05, 3.63) is 29.8 Å². The van der Waals surface area contributed by atoms with Gasteiger partial charge in [0.15, 0.2) is 6.10 Å². The molecule has 1 aromatic rings. The Balaban J connectivity index is 2.32. The van der Waals surface area contributed by atoms with Gasteiger partial charge in [0.2, 0.25) is 47.3 Å². The second kappa shape index (κ2) is 31.9. The molecule has 2 heterocycles. The van der Waals surface area contributed by atoms with E-state index in [9.17, 15) is 38.4 Å². The first-order valence-corrected chi connectivity index (χ1v) is 30.9. The maximum absolute atomic E-state index is 15.2. The fraction of sp³-hybridized carbons (Fsp3) is 0.734. The van der Waals surface area contributed by atoms with Gasteiger partial charge in [0.25, 0.3) is 5.91 Å². The summed E-state index contributed by atoms with van der Waals surface area (Å²) < 4.78 is 17.6. The number of ether oxygens (including phenoxy) is 3. The first-order chi connectivity index (χ1) is 40.2. The highest BCUT2D eigenvalue weighted by atomic mass is 16.6. The van der Waals surface area contributed by atoms with E-state index in [1.54, 1.807) is 100 Å². The van der Waals surface area contributed by atoms with E-state index in [0.717, 1.165) is 9.80 Å². The number of esters is 2. The quantitative estimate of drug-likeness (QED) is 0.239. The SMILES string of the molecule is CC[C@H](C)[C@H]1C(=O)NCC(=O)N(C)[C@@H](C(C)C)C(=O)N[C@@H](Cc2ccc(OC(C)(C)C)cc2)C(=O)O[C@H](C)C(=O)N2CCCC[C@H]2C(=O)N(C)[C@@H](C(C)C)C(=O)N[C@@H](C(C)C)C(=O)N(C)[C@@H](CC(=O)OC(C)(C)C)C(=O)N(C)[C@@H]([C@@H](C)CC)C(=O)N1C. The largest absolute Gasteiger partial charge is 0.488 e. The minimum Gasteiger partial charge on any atom is -0.488 e. The number of carbonyl (C=O) groups is 11. The van der Waals surface area contributed by atoms with Crippen molar-refractivity contribution < 1.29 is 67.0 Å². The van der Waals surface area contributed by atoms with Crippen LogP contribution in [0.4, 0.5) is 0 Å². The van der Waals surface area contributed by atoms with Crippen LogP contribution < -0.4 is 20.7 Å². The van der Waals surface area contributed by atoms with Crippen LogP contribution in [0.2, 0.25) is 0 Å². The molecule has 1 aromatic carbocycles. The highest BCUT2D eigenvalue weighted by Crippen LogP contribution is 2.27. The topological polar surface area (TPSA) is 271 Å². The van der Waals surface area contributed by atoms with E-state index in [-0.39, 0.29) is 19.4 Å². The van der Waals surface area contributed by atoms with E-state index >= 15 is 14.4 Å². The fourth-order valence-corrected chi connectivity index (χ4v) is 11.3. The van der Waals surface area contributed by atoms with Crippen LogP contribution in [0.15, 0.2) is 24.3 Å². The van der Waals surface area contributed by atoms with Crippen molar-refractivity contribution in [3.63, 3.8) is 0 Å². The van der Waals surface area contributed by atoms with Crippen LogP contribution in [0, 0.1) is 29.6 Å². The average Bonchev–Trinajstić information content (AvgIpc) is 1.20. The van der Waals surface area contributed by atoms with E-state index in [2.05, 4.69) is 16.0 Å². The Labute approximate surface area is 517 Å². The van der Waals surface area contributed by atoms with Crippen molar-refractivity contribution in [2.75, 3.05) is 48.3 Å². The standard InChI is InChI=1S/C64H105N9O14/c1-23-39(9)52-54(76)65-35-47(74)69(19)50(37(5)6)55(77)66-44(33-42-28-30-43(31-29-42)86-63(12,13)14)62(84)85-41(11)57(79)73-32-26-25-27-45(73)58(80)70(20)51(38(7)8)56(78)67-49(36(3)4)60(82)68(18)46(34-48(75)87-64(15,16)17)59(81)72(22)53(40(10)24-2)61(83)71(52)21/h28-31,36-41,44-46,49-53H,23-27,32-35H2,1-22H3,(H,65,76)(H,66,77)(H,67,78)/t39-,40-,41+,44-,45-,46-,49-,50-,51-,52-,53-/m0/s1. The number of nitrogens with one attached hydrogen (secondary N) is 3. The highest BCUT2D eigenvalue weighted by molar-refractivity contribution is 5.99. The van der Waals surface area contributed by atoms with Gasteiger partial charge in [-0.15, -0.1) is 0 Å². The zero-order valence-corrected chi connectivity index (χ0v) is 56.2. The Morgan fingerprint density at radius 3 is 1.63 bits per heavy atom. The van der Waals surface area contributed by atoms with Gasteiger partial charge in [-0.25, -0.2) is 4.79 Å². The predicted octanol–water partition coefficient (Wildman–Crippen LogP) is 4.75. The van der Waals surface area contributed by atoms with Crippen LogP contribution in [-0.4, -0.2) is 208 Å². The van der Waals surface area contributed by atoms with Gasteiger partial charge in [0.05, 0.1) is 13.0 Å². The molecule has 23 nitrogen and oxygen atoms in total. The number of hydrogen-bond donors (Lipinski definition) is 3. The lowest BCUT2D eigenvalue weighted by Crippen LogP contribution is -2.63. The molecule has 2 fully saturated rings. The first-order valence-electron chi connectivity index (χ1n) is 30.9. The minimum atomic E-state index is -1.59.